The van der Waals surface area contributed by atoms with Crippen LogP contribution in [0.5, 0.6) is 0 Å². The summed E-state index contributed by atoms with van der Waals surface area (Å²) in [5, 5.41) is 3.22. The maximum absolute atomic E-state index is 12.4. The van der Waals surface area contributed by atoms with E-state index < -0.39 is 0 Å². The van der Waals surface area contributed by atoms with Crippen LogP contribution in [0.2, 0.25) is 0 Å². The third-order valence-corrected chi connectivity index (χ3v) is 5.59. The fourth-order valence-electron chi connectivity index (χ4n) is 3.20. The molecular weight excluding hydrogens is 296 g/mol. The van der Waals surface area contributed by atoms with Gasteiger partial charge in [-0.3, -0.25) is 9.69 Å². The Balaban J connectivity index is 1.46. The molecule has 0 aromatic carbocycles. The quantitative estimate of drug-likeness (QED) is 0.853. The second kappa shape index (κ2) is 7.42. The first-order valence-corrected chi connectivity index (χ1v) is 9.27. The van der Waals surface area contributed by atoms with Gasteiger partial charge in [-0.05, 0) is 19.8 Å². The summed E-state index contributed by atoms with van der Waals surface area (Å²) in [6.07, 6.45) is 4.89. The van der Waals surface area contributed by atoms with Gasteiger partial charge in [0.05, 0.1) is 12.2 Å². The number of likely N-dealkylation sites (tertiary alicyclic amines) is 1. The summed E-state index contributed by atoms with van der Waals surface area (Å²) in [6, 6.07) is 0. The van der Waals surface area contributed by atoms with Crippen LogP contribution in [0, 0.1) is 6.92 Å². The molecule has 0 unspecified atom stereocenters. The van der Waals surface area contributed by atoms with Gasteiger partial charge in [0.2, 0.25) is 5.91 Å². The van der Waals surface area contributed by atoms with Gasteiger partial charge in [-0.1, -0.05) is 12.8 Å². The summed E-state index contributed by atoms with van der Waals surface area (Å²) in [7, 11) is 0. The highest BCUT2D eigenvalue weighted by molar-refractivity contribution is 7.13. The van der Waals surface area contributed by atoms with Gasteiger partial charge in [-0.25, -0.2) is 4.98 Å². The number of nitrogens with zero attached hydrogens (tertiary/aromatic N) is 4. The highest BCUT2D eigenvalue weighted by Crippen LogP contribution is 2.21. The second-order valence-electron chi connectivity index (χ2n) is 6.33. The lowest BCUT2D eigenvalue weighted by Gasteiger charge is -2.35. The van der Waals surface area contributed by atoms with Crippen LogP contribution >= 0.6 is 11.3 Å². The molecule has 6 heteroatoms. The molecule has 0 N–H and O–H groups in total. The predicted molar refractivity (Wildman–Crippen MR) is 90.6 cm³/mol. The van der Waals surface area contributed by atoms with E-state index in [0.717, 1.165) is 50.1 Å². The summed E-state index contributed by atoms with van der Waals surface area (Å²) in [6.45, 7) is 8.39. The van der Waals surface area contributed by atoms with Crippen LogP contribution in [-0.2, 0) is 4.79 Å². The maximum atomic E-state index is 12.4. The van der Waals surface area contributed by atoms with Crippen LogP contribution in [0.1, 0.15) is 31.4 Å². The molecule has 0 bridgehead atoms. The zero-order valence-electron chi connectivity index (χ0n) is 13.5. The summed E-state index contributed by atoms with van der Waals surface area (Å²) >= 11 is 1.72. The normalized spacial score (nSPS) is 21.0. The first-order valence-electron chi connectivity index (χ1n) is 8.39. The Morgan fingerprint density at radius 1 is 1.09 bits per heavy atom. The molecule has 5 nitrogen and oxygen atoms in total. The number of aryl methyl sites for hydroxylation is 1. The summed E-state index contributed by atoms with van der Waals surface area (Å²) in [5.41, 5.74) is 1.10. The van der Waals surface area contributed by atoms with E-state index in [1.165, 1.54) is 25.7 Å². The third kappa shape index (κ3) is 3.98. The van der Waals surface area contributed by atoms with Gasteiger partial charge in [0.15, 0.2) is 5.13 Å². The van der Waals surface area contributed by atoms with Gasteiger partial charge < -0.3 is 9.80 Å². The van der Waals surface area contributed by atoms with Crippen molar-refractivity contribution in [2.45, 2.75) is 32.6 Å². The number of thiazole rings is 1. The van der Waals surface area contributed by atoms with E-state index in [9.17, 15) is 4.79 Å². The Hall–Kier alpha value is -1.14. The van der Waals surface area contributed by atoms with Gasteiger partial charge >= 0.3 is 0 Å². The van der Waals surface area contributed by atoms with Crippen molar-refractivity contribution in [1.29, 1.82) is 0 Å². The average Bonchev–Trinajstić information content (AvgIpc) is 2.79. The molecule has 1 aromatic rings. The lowest BCUT2D eigenvalue weighted by molar-refractivity contribution is -0.132. The molecule has 0 saturated carbocycles. The first kappa shape index (κ1) is 15.7. The lowest BCUT2D eigenvalue weighted by atomic mass is 10.2. The Bertz CT molecular complexity index is 488. The van der Waals surface area contributed by atoms with Gasteiger partial charge in [-0.15, -0.1) is 11.3 Å². The summed E-state index contributed by atoms with van der Waals surface area (Å²) in [5.74, 6) is 0.320. The number of carbonyl (C=O) groups is 1. The van der Waals surface area contributed by atoms with Crippen LogP contribution in [0.25, 0.3) is 0 Å². The molecule has 3 heterocycles. The minimum Gasteiger partial charge on any atom is -0.346 e. The molecule has 0 spiro atoms. The number of amides is 1. The van der Waals surface area contributed by atoms with Crippen LogP contribution in [0.3, 0.4) is 0 Å². The molecule has 2 saturated heterocycles. The monoisotopic (exact) mass is 322 g/mol. The summed E-state index contributed by atoms with van der Waals surface area (Å²) < 4.78 is 0. The Labute approximate surface area is 136 Å². The van der Waals surface area contributed by atoms with E-state index in [0.29, 0.717) is 12.5 Å². The molecule has 0 atom stereocenters. The van der Waals surface area contributed by atoms with Crippen molar-refractivity contribution in [3.63, 3.8) is 0 Å². The predicted octanol–water partition coefficient (Wildman–Crippen LogP) is 1.98. The largest absolute Gasteiger partial charge is 0.346 e. The molecule has 2 fully saturated rings. The van der Waals surface area contributed by atoms with Gasteiger partial charge in [0, 0.05) is 44.6 Å². The molecule has 122 valence electrons. The smallest absolute Gasteiger partial charge is 0.236 e. The van der Waals surface area contributed by atoms with Crippen LogP contribution in [0.15, 0.2) is 5.38 Å². The number of hydrogen-bond donors (Lipinski definition) is 0. The Kier molecular flexibility index (Phi) is 5.31. The second-order valence-corrected chi connectivity index (χ2v) is 7.17. The molecular formula is C16H26N4OS. The average molecular weight is 322 g/mol. The van der Waals surface area contributed by atoms with Gasteiger partial charge in [0.1, 0.15) is 0 Å². The molecule has 2 aliphatic rings. The summed E-state index contributed by atoms with van der Waals surface area (Å²) in [4.78, 5) is 23.7. The molecule has 3 rings (SSSR count). The van der Waals surface area contributed by atoms with Gasteiger partial charge in [0.25, 0.3) is 0 Å². The van der Waals surface area contributed by atoms with Crippen LogP contribution in [-0.4, -0.2) is 66.5 Å². The highest BCUT2D eigenvalue weighted by atomic mass is 32.1. The van der Waals surface area contributed by atoms with Crippen molar-refractivity contribution in [2.24, 2.45) is 0 Å². The van der Waals surface area contributed by atoms with Crippen molar-refractivity contribution < 1.29 is 4.79 Å². The van der Waals surface area contributed by atoms with E-state index in [1.807, 2.05) is 6.92 Å². The fraction of sp³-hybridized carbons (Fsp3) is 0.750. The molecule has 0 aliphatic carbocycles. The Morgan fingerprint density at radius 2 is 1.77 bits per heavy atom. The highest BCUT2D eigenvalue weighted by Gasteiger charge is 2.23. The van der Waals surface area contributed by atoms with E-state index in [1.54, 1.807) is 11.3 Å². The van der Waals surface area contributed by atoms with E-state index >= 15 is 0 Å². The number of hydrogen-bond acceptors (Lipinski definition) is 5. The van der Waals surface area contributed by atoms with E-state index in [4.69, 9.17) is 0 Å². The fourth-order valence-corrected chi connectivity index (χ4v) is 4.05. The van der Waals surface area contributed by atoms with Crippen LogP contribution in [0.4, 0.5) is 5.13 Å². The number of aromatic nitrogens is 1. The minimum atomic E-state index is 0.320. The SMILES string of the molecule is Cc1csc(N2CCN(CC(=O)N3CCCCCC3)CC2)n1. The molecule has 1 amide bonds. The number of piperazine rings is 1. The third-order valence-electron chi connectivity index (χ3n) is 4.57. The molecule has 0 radical (unpaired) electrons. The number of carbonyl (C=O) groups excluding carboxylic acids is 1. The van der Waals surface area contributed by atoms with Crippen LogP contribution < -0.4 is 4.90 Å². The zero-order chi connectivity index (χ0) is 15.4. The topological polar surface area (TPSA) is 39.7 Å². The van der Waals surface area contributed by atoms with Crippen molar-refractivity contribution in [3.05, 3.63) is 11.1 Å². The molecule has 22 heavy (non-hydrogen) atoms. The van der Waals surface area contributed by atoms with E-state index in [-0.39, 0.29) is 0 Å². The van der Waals surface area contributed by atoms with Gasteiger partial charge in [-0.2, -0.15) is 0 Å². The van der Waals surface area contributed by atoms with Crippen molar-refractivity contribution >= 4 is 22.4 Å². The lowest BCUT2D eigenvalue weighted by Crippen LogP contribution is -2.50. The first-order chi connectivity index (χ1) is 10.7. The number of rotatable bonds is 3. The Morgan fingerprint density at radius 3 is 2.36 bits per heavy atom. The standard InChI is InChI=1S/C16H26N4OS/c1-14-13-22-16(17-14)20-10-8-18(9-11-20)12-15(21)19-6-4-2-3-5-7-19/h13H,2-12H2,1H3. The minimum absolute atomic E-state index is 0.320. The van der Waals surface area contributed by atoms with Crippen molar-refractivity contribution in [2.75, 3.05) is 50.7 Å². The van der Waals surface area contributed by atoms with Crippen molar-refractivity contribution in [1.82, 2.24) is 14.8 Å². The van der Waals surface area contributed by atoms with E-state index in [2.05, 4.69) is 25.1 Å². The zero-order valence-corrected chi connectivity index (χ0v) is 14.3. The van der Waals surface area contributed by atoms with Crippen molar-refractivity contribution in [3.8, 4) is 0 Å². The molecule has 1 aromatic heterocycles. The number of anilines is 1. The maximum Gasteiger partial charge on any atom is 0.236 e. The molecule has 2 aliphatic heterocycles.